The zero-order valence-corrected chi connectivity index (χ0v) is 19.9. The summed E-state index contributed by atoms with van der Waals surface area (Å²) in [7, 11) is 0. The van der Waals surface area contributed by atoms with E-state index in [9.17, 15) is 4.79 Å². The second kappa shape index (κ2) is 10.2. The van der Waals surface area contributed by atoms with E-state index in [2.05, 4.69) is 26.3 Å². The standard InChI is InChI=1S/C24H18BrCl2N3O2/c25-21-14-30(13-18-5-1-2-7-22(18)27)29-23(21)28-24(31)17-6-3-4-16(12-17)15-32-20-10-8-19(26)9-11-20/h1-12,14H,13,15H2,(H,28,29,31). The number of nitrogens with one attached hydrogen (secondary N) is 1. The Morgan fingerprint density at radius 2 is 1.81 bits per heavy atom. The van der Waals surface area contributed by atoms with Crippen LogP contribution in [-0.2, 0) is 13.2 Å². The third-order valence-corrected chi connectivity index (χ3v) is 5.85. The highest BCUT2D eigenvalue weighted by molar-refractivity contribution is 9.10. The number of hydrogen-bond donors (Lipinski definition) is 1. The van der Waals surface area contributed by atoms with Crippen molar-refractivity contribution in [1.29, 1.82) is 0 Å². The van der Waals surface area contributed by atoms with Gasteiger partial charge in [0.25, 0.3) is 5.91 Å². The Kier molecular flexibility index (Phi) is 7.15. The van der Waals surface area contributed by atoms with Crippen LogP contribution in [-0.4, -0.2) is 15.7 Å². The highest BCUT2D eigenvalue weighted by Gasteiger charge is 2.13. The molecule has 3 aromatic carbocycles. The summed E-state index contributed by atoms with van der Waals surface area (Å²) in [6, 6.07) is 22.0. The van der Waals surface area contributed by atoms with E-state index in [1.54, 1.807) is 47.3 Å². The molecule has 0 bridgehead atoms. The van der Waals surface area contributed by atoms with Crippen LogP contribution >= 0.6 is 39.1 Å². The summed E-state index contributed by atoms with van der Waals surface area (Å²) in [6.07, 6.45) is 1.80. The predicted molar refractivity (Wildman–Crippen MR) is 131 cm³/mol. The maximum atomic E-state index is 12.8. The van der Waals surface area contributed by atoms with Gasteiger partial charge in [0.15, 0.2) is 5.82 Å². The Balaban J connectivity index is 1.41. The molecule has 0 radical (unpaired) electrons. The first-order valence-corrected chi connectivity index (χ1v) is 11.3. The second-order valence-corrected chi connectivity index (χ2v) is 8.71. The van der Waals surface area contributed by atoms with Crippen LogP contribution < -0.4 is 10.1 Å². The SMILES string of the molecule is O=C(Nc1nn(Cc2ccccc2Cl)cc1Br)c1cccc(COc2ccc(Cl)cc2)c1. The van der Waals surface area contributed by atoms with E-state index in [4.69, 9.17) is 27.9 Å². The lowest BCUT2D eigenvalue weighted by atomic mass is 10.1. The summed E-state index contributed by atoms with van der Waals surface area (Å²) in [5.74, 6) is 0.879. The van der Waals surface area contributed by atoms with Gasteiger partial charge < -0.3 is 10.1 Å². The van der Waals surface area contributed by atoms with Crippen LogP contribution in [0.4, 0.5) is 5.82 Å². The van der Waals surface area contributed by atoms with Crippen molar-refractivity contribution in [2.45, 2.75) is 13.2 Å². The van der Waals surface area contributed by atoms with Gasteiger partial charge in [0.1, 0.15) is 12.4 Å². The van der Waals surface area contributed by atoms with Gasteiger partial charge in [0, 0.05) is 21.8 Å². The molecule has 0 aliphatic rings. The smallest absolute Gasteiger partial charge is 0.256 e. The molecule has 8 heteroatoms. The fourth-order valence-electron chi connectivity index (χ4n) is 3.04. The quantitative estimate of drug-likeness (QED) is 0.285. The van der Waals surface area contributed by atoms with Crippen LogP contribution in [0.2, 0.25) is 10.0 Å². The fourth-order valence-corrected chi connectivity index (χ4v) is 3.78. The molecule has 4 aromatic rings. The van der Waals surface area contributed by atoms with Gasteiger partial charge >= 0.3 is 0 Å². The molecule has 1 amide bonds. The molecule has 0 unspecified atom stereocenters. The molecule has 4 rings (SSSR count). The van der Waals surface area contributed by atoms with Crippen molar-refractivity contribution in [3.8, 4) is 5.75 Å². The number of halogens is 3. The highest BCUT2D eigenvalue weighted by Crippen LogP contribution is 2.23. The third-order valence-electron chi connectivity index (χ3n) is 4.65. The van der Waals surface area contributed by atoms with Crippen molar-refractivity contribution in [3.63, 3.8) is 0 Å². The van der Waals surface area contributed by atoms with Crippen molar-refractivity contribution in [3.05, 3.63) is 110 Å². The average molecular weight is 531 g/mol. The number of nitrogens with zero attached hydrogens (tertiary/aromatic N) is 2. The number of anilines is 1. The normalized spacial score (nSPS) is 10.7. The summed E-state index contributed by atoms with van der Waals surface area (Å²) in [5.41, 5.74) is 2.32. The van der Waals surface area contributed by atoms with Crippen LogP contribution in [0.5, 0.6) is 5.75 Å². The Labute approximate surface area is 204 Å². The van der Waals surface area contributed by atoms with Crippen LogP contribution in [0.25, 0.3) is 0 Å². The summed E-state index contributed by atoms with van der Waals surface area (Å²) >= 11 is 15.6. The molecule has 1 heterocycles. The zero-order valence-electron chi connectivity index (χ0n) is 16.8. The van der Waals surface area contributed by atoms with E-state index in [-0.39, 0.29) is 5.91 Å². The van der Waals surface area contributed by atoms with Gasteiger partial charge in [0.2, 0.25) is 0 Å². The van der Waals surface area contributed by atoms with Gasteiger partial charge in [-0.3, -0.25) is 9.48 Å². The van der Waals surface area contributed by atoms with Crippen molar-refractivity contribution in [1.82, 2.24) is 9.78 Å². The summed E-state index contributed by atoms with van der Waals surface area (Å²) < 4.78 is 8.16. The number of amides is 1. The van der Waals surface area contributed by atoms with Gasteiger partial charge in [-0.05, 0) is 69.5 Å². The van der Waals surface area contributed by atoms with Crippen LogP contribution in [0.3, 0.4) is 0 Å². The first-order chi connectivity index (χ1) is 15.5. The number of ether oxygens (including phenoxy) is 1. The van der Waals surface area contributed by atoms with Crippen LogP contribution in [0.1, 0.15) is 21.5 Å². The molecule has 0 atom stereocenters. The maximum Gasteiger partial charge on any atom is 0.256 e. The van der Waals surface area contributed by atoms with E-state index in [1.165, 1.54) is 0 Å². The molecule has 0 saturated carbocycles. The lowest BCUT2D eigenvalue weighted by Gasteiger charge is -2.08. The van der Waals surface area contributed by atoms with Gasteiger partial charge in [-0.15, -0.1) is 0 Å². The Bertz CT molecular complexity index is 1240. The minimum Gasteiger partial charge on any atom is -0.489 e. The van der Waals surface area contributed by atoms with E-state index >= 15 is 0 Å². The van der Waals surface area contributed by atoms with Crippen LogP contribution in [0.15, 0.2) is 83.5 Å². The first kappa shape index (κ1) is 22.4. The van der Waals surface area contributed by atoms with E-state index in [0.29, 0.717) is 44.8 Å². The number of rotatable bonds is 7. The number of carbonyl (C=O) groups excluding carboxylic acids is 1. The molecular formula is C24H18BrCl2N3O2. The molecular weight excluding hydrogens is 513 g/mol. The van der Waals surface area contributed by atoms with Gasteiger partial charge in [0.05, 0.1) is 11.0 Å². The molecule has 0 aliphatic carbocycles. The predicted octanol–water partition coefficient (Wildman–Crippen LogP) is 6.83. The first-order valence-electron chi connectivity index (χ1n) is 9.73. The minimum atomic E-state index is -0.262. The number of hydrogen-bond acceptors (Lipinski definition) is 3. The van der Waals surface area contributed by atoms with Crippen molar-refractivity contribution in [2.24, 2.45) is 0 Å². The Morgan fingerprint density at radius 3 is 2.59 bits per heavy atom. The fraction of sp³-hybridized carbons (Fsp3) is 0.0833. The molecule has 0 aliphatic heterocycles. The second-order valence-electron chi connectivity index (χ2n) is 7.01. The molecule has 1 aromatic heterocycles. The highest BCUT2D eigenvalue weighted by atomic mass is 79.9. The van der Waals surface area contributed by atoms with Gasteiger partial charge in [-0.1, -0.05) is 53.5 Å². The van der Waals surface area contributed by atoms with Crippen molar-refractivity contribution < 1.29 is 9.53 Å². The molecule has 32 heavy (non-hydrogen) atoms. The summed E-state index contributed by atoms with van der Waals surface area (Å²) in [6.45, 7) is 0.824. The van der Waals surface area contributed by atoms with Crippen molar-refractivity contribution in [2.75, 3.05) is 5.32 Å². The molecule has 0 fully saturated rings. The van der Waals surface area contributed by atoms with E-state index in [1.807, 2.05) is 36.4 Å². The number of benzene rings is 3. The topological polar surface area (TPSA) is 56.2 Å². The molecule has 1 N–H and O–H groups in total. The molecule has 0 saturated heterocycles. The monoisotopic (exact) mass is 529 g/mol. The van der Waals surface area contributed by atoms with Gasteiger partial charge in [-0.25, -0.2) is 0 Å². The molecule has 5 nitrogen and oxygen atoms in total. The average Bonchev–Trinajstić information content (AvgIpc) is 3.13. The third kappa shape index (κ3) is 5.71. The molecule has 162 valence electrons. The number of aromatic nitrogens is 2. The molecule has 0 spiro atoms. The zero-order chi connectivity index (χ0) is 22.5. The Hall–Kier alpha value is -2.80. The lowest BCUT2D eigenvalue weighted by molar-refractivity contribution is 0.102. The number of carbonyl (C=O) groups is 1. The largest absolute Gasteiger partial charge is 0.489 e. The van der Waals surface area contributed by atoms with E-state index < -0.39 is 0 Å². The lowest BCUT2D eigenvalue weighted by Crippen LogP contribution is -2.13. The van der Waals surface area contributed by atoms with E-state index in [0.717, 1.165) is 11.1 Å². The summed E-state index contributed by atoms with van der Waals surface area (Å²) in [4.78, 5) is 12.8. The van der Waals surface area contributed by atoms with Gasteiger partial charge in [-0.2, -0.15) is 5.10 Å². The Morgan fingerprint density at radius 1 is 1.03 bits per heavy atom. The maximum absolute atomic E-state index is 12.8. The minimum absolute atomic E-state index is 0.262. The summed E-state index contributed by atoms with van der Waals surface area (Å²) in [5, 5.41) is 8.63. The van der Waals surface area contributed by atoms with Crippen molar-refractivity contribution >= 4 is 50.9 Å². The van der Waals surface area contributed by atoms with Crippen LogP contribution in [0, 0.1) is 0 Å².